The molecule has 1 fully saturated rings. The molecule has 0 aromatic heterocycles. The number of hydrogen-bond donors (Lipinski definition) is 2. The first kappa shape index (κ1) is 15.6. The third kappa shape index (κ3) is 4.09. The number of likely N-dealkylation sites (N-methyl/N-ethyl adjacent to an activating group) is 1. The van der Waals surface area contributed by atoms with Crippen molar-refractivity contribution >= 4 is 17.3 Å². The van der Waals surface area contributed by atoms with E-state index in [4.69, 9.17) is 16.7 Å². The molecule has 1 saturated heterocycles. The first-order valence-electron chi connectivity index (χ1n) is 7.25. The molecule has 1 aliphatic heterocycles. The van der Waals surface area contributed by atoms with Gasteiger partial charge in [-0.3, -0.25) is 0 Å². The summed E-state index contributed by atoms with van der Waals surface area (Å²) in [6.07, 6.45) is 0.772. The minimum absolute atomic E-state index is 0.223. The highest BCUT2D eigenvalue weighted by atomic mass is 35.5. The van der Waals surface area contributed by atoms with Crippen LogP contribution >= 0.6 is 11.6 Å². The monoisotopic (exact) mass is 297 g/mol. The van der Waals surface area contributed by atoms with Crippen LogP contribution in [0.3, 0.4) is 0 Å². The van der Waals surface area contributed by atoms with Gasteiger partial charge in [0.05, 0.1) is 0 Å². The van der Waals surface area contributed by atoms with E-state index >= 15 is 0 Å². The van der Waals surface area contributed by atoms with E-state index < -0.39 is 0 Å². The van der Waals surface area contributed by atoms with E-state index in [1.165, 1.54) is 5.69 Å². The Kier molecular flexibility index (Phi) is 6.10. The van der Waals surface area contributed by atoms with Crippen molar-refractivity contribution in [3.63, 3.8) is 0 Å². The van der Waals surface area contributed by atoms with Gasteiger partial charge in [-0.1, -0.05) is 17.7 Å². The molecule has 112 valence electrons. The number of halogens is 1. The molecule has 1 aliphatic rings. The van der Waals surface area contributed by atoms with Gasteiger partial charge in [0.1, 0.15) is 0 Å². The van der Waals surface area contributed by atoms with Crippen LogP contribution in [0.4, 0.5) is 5.69 Å². The van der Waals surface area contributed by atoms with Gasteiger partial charge in [0.15, 0.2) is 0 Å². The van der Waals surface area contributed by atoms with Crippen LogP contribution in [0.15, 0.2) is 18.2 Å². The summed E-state index contributed by atoms with van der Waals surface area (Å²) in [5.41, 5.74) is 2.40. The summed E-state index contributed by atoms with van der Waals surface area (Å²) in [5, 5.41) is 13.0. The lowest BCUT2D eigenvalue weighted by Crippen LogP contribution is -2.45. The second kappa shape index (κ2) is 7.84. The Morgan fingerprint density at radius 2 is 2.00 bits per heavy atom. The summed E-state index contributed by atoms with van der Waals surface area (Å²) in [5.74, 6) is 0. The Morgan fingerprint density at radius 1 is 1.25 bits per heavy atom. The first-order valence-corrected chi connectivity index (χ1v) is 7.62. The maximum absolute atomic E-state index is 8.82. The van der Waals surface area contributed by atoms with Crippen molar-refractivity contribution in [1.82, 2.24) is 10.2 Å². The SMILES string of the molecule is CN1CCN(c2cccc(Cl)c2CNCCCO)CC1. The Hall–Kier alpha value is -0.810. The van der Waals surface area contributed by atoms with Crippen molar-refractivity contribution in [1.29, 1.82) is 0 Å². The topological polar surface area (TPSA) is 38.7 Å². The van der Waals surface area contributed by atoms with Crippen LogP contribution < -0.4 is 10.2 Å². The summed E-state index contributed by atoms with van der Waals surface area (Å²) in [6, 6.07) is 6.12. The lowest BCUT2D eigenvalue weighted by molar-refractivity contribution is 0.286. The number of aliphatic hydroxyl groups is 1. The zero-order chi connectivity index (χ0) is 14.4. The van der Waals surface area contributed by atoms with E-state index in [0.717, 1.165) is 56.3 Å². The molecule has 2 rings (SSSR count). The first-order chi connectivity index (χ1) is 9.72. The quantitative estimate of drug-likeness (QED) is 0.782. The van der Waals surface area contributed by atoms with Crippen molar-refractivity contribution in [2.24, 2.45) is 0 Å². The molecule has 0 aliphatic carbocycles. The van der Waals surface area contributed by atoms with Crippen LogP contribution in [-0.2, 0) is 6.54 Å². The van der Waals surface area contributed by atoms with Gasteiger partial charge in [-0.15, -0.1) is 0 Å². The van der Waals surface area contributed by atoms with Gasteiger partial charge in [-0.2, -0.15) is 0 Å². The Bertz CT molecular complexity index is 420. The zero-order valence-corrected chi connectivity index (χ0v) is 12.9. The largest absolute Gasteiger partial charge is 0.396 e. The van der Waals surface area contributed by atoms with Gasteiger partial charge in [0, 0.05) is 55.6 Å². The fourth-order valence-corrected chi connectivity index (χ4v) is 2.72. The van der Waals surface area contributed by atoms with Crippen LogP contribution in [-0.4, -0.2) is 56.4 Å². The van der Waals surface area contributed by atoms with Crippen LogP contribution in [0.25, 0.3) is 0 Å². The molecular weight excluding hydrogens is 274 g/mol. The van der Waals surface area contributed by atoms with E-state index in [2.05, 4.69) is 28.2 Å². The number of anilines is 1. The minimum Gasteiger partial charge on any atom is -0.396 e. The molecule has 1 heterocycles. The molecule has 20 heavy (non-hydrogen) atoms. The highest BCUT2D eigenvalue weighted by Gasteiger charge is 2.18. The van der Waals surface area contributed by atoms with Gasteiger partial charge in [0.25, 0.3) is 0 Å². The summed E-state index contributed by atoms with van der Waals surface area (Å²) in [7, 11) is 2.16. The summed E-state index contributed by atoms with van der Waals surface area (Å²) >= 11 is 6.36. The molecule has 2 N–H and O–H groups in total. The molecule has 0 radical (unpaired) electrons. The van der Waals surface area contributed by atoms with Crippen LogP contribution in [0.5, 0.6) is 0 Å². The Labute approximate surface area is 126 Å². The predicted octanol–water partition coefficient (Wildman–Crippen LogP) is 1.56. The molecule has 5 heteroatoms. The summed E-state index contributed by atoms with van der Waals surface area (Å²) < 4.78 is 0. The van der Waals surface area contributed by atoms with Crippen LogP contribution in [0, 0.1) is 0 Å². The molecule has 0 spiro atoms. The van der Waals surface area contributed by atoms with Gasteiger partial charge < -0.3 is 20.2 Å². The van der Waals surface area contributed by atoms with E-state index in [1.807, 2.05) is 12.1 Å². The molecule has 1 aromatic carbocycles. The standard InChI is InChI=1S/C15H24ClN3O/c1-18-7-9-19(10-8-18)15-5-2-4-14(16)13(15)12-17-6-3-11-20/h2,4-5,17,20H,3,6-12H2,1H3. The zero-order valence-electron chi connectivity index (χ0n) is 12.1. The van der Waals surface area contributed by atoms with Gasteiger partial charge >= 0.3 is 0 Å². The Balaban J connectivity index is 2.05. The van der Waals surface area contributed by atoms with Gasteiger partial charge in [0.2, 0.25) is 0 Å². The molecular formula is C15H24ClN3O. The smallest absolute Gasteiger partial charge is 0.0471 e. The second-order valence-corrected chi connectivity index (χ2v) is 5.69. The van der Waals surface area contributed by atoms with Crippen LogP contribution in [0.1, 0.15) is 12.0 Å². The molecule has 0 unspecified atom stereocenters. The number of hydrogen-bond acceptors (Lipinski definition) is 4. The molecule has 4 nitrogen and oxygen atoms in total. The molecule has 0 amide bonds. The molecule has 0 atom stereocenters. The fourth-order valence-electron chi connectivity index (χ4n) is 2.48. The summed E-state index contributed by atoms with van der Waals surface area (Å²) in [4.78, 5) is 4.76. The normalized spacial score (nSPS) is 16.6. The fraction of sp³-hybridized carbons (Fsp3) is 0.600. The number of nitrogens with one attached hydrogen (secondary N) is 1. The van der Waals surface area contributed by atoms with Crippen molar-refractivity contribution < 1.29 is 5.11 Å². The van der Waals surface area contributed by atoms with Crippen molar-refractivity contribution in [2.75, 3.05) is 51.3 Å². The van der Waals surface area contributed by atoms with Gasteiger partial charge in [-0.25, -0.2) is 0 Å². The number of rotatable bonds is 6. The van der Waals surface area contributed by atoms with Gasteiger partial charge in [-0.05, 0) is 32.1 Å². The Morgan fingerprint density at radius 3 is 2.70 bits per heavy atom. The van der Waals surface area contributed by atoms with E-state index in [1.54, 1.807) is 0 Å². The molecule has 1 aromatic rings. The summed E-state index contributed by atoms with van der Waals surface area (Å²) in [6.45, 7) is 6.04. The van der Waals surface area contributed by atoms with Crippen molar-refractivity contribution in [3.05, 3.63) is 28.8 Å². The van der Waals surface area contributed by atoms with E-state index in [9.17, 15) is 0 Å². The van der Waals surface area contributed by atoms with Crippen molar-refractivity contribution in [2.45, 2.75) is 13.0 Å². The number of piperazine rings is 1. The average Bonchev–Trinajstić information content (AvgIpc) is 2.46. The van der Waals surface area contributed by atoms with Crippen molar-refractivity contribution in [3.8, 4) is 0 Å². The highest BCUT2D eigenvalue weighted by Crippen LogP contribution is 2.28. The van der Waals surface area contributed by atoms with Crippen LogP contribution in [0.2, 0.25) is 5.02 Å². The van der Waals surface area contributed by atoms with E-state index in [-0.39, 0.29) is 6.61 Å². The predicted molar refractivity (Wildman–Crippen MR) is 84.6 cm³/mol. The molecule has 0 saturated carbocycles. The maximum Gasteiger partial charge on any atom is 0.0471 e. The third-order valence-corrected chi connectivity index (χ3v) is 4.11. The molecule has 0 bridgehead atoms. The minimum atomic E-state index is 0.223. The third-order valence-electron chi connectivity index (χ3n) is 3.75. The number of benzene rings is 1. The lowest BCUT2D eigenvalue weighted by atomic mass is 10.1. The lowest BCUT2D eigenvalue weighted by Gasteiger charge is -2.35. The second-order valence-electron chi connectivity index (χ2n) is 5.28. The average molecular weight is 298 g/mol. The van der Waals surface area contributed by atoms with E-state index in [0.29, 0.717) is 0 Å². The number of aliphatic hydroxyl groups excluding tert-OH is 1. The highest BCUT2D eigenvalue weighted by molar-refractivity contribution is 6.31. The maximum atomic E-state index is 8.82. The number of nitrogens with zero attached hydrogens (tertiary/aromatic N) is 2.